The lowest BCUT2D eigenvalue weighted by Crippen LogP contribution is -2.32. The van der Waals surface area contributed by atoms with E-state index in [1.165, 1.54) is 12.1 Å². The van der Waals surface area contributed by atoms with Crippen LogP contribution in [0.15, 0.2) is 24.3 Å². The maximum absolute atomic E-state index is 11.9. The quantitative estimate of drug-likeness (QED) is 0.784. The number of alkyl halides is 2. The van der Waals surface area contributed by atoms with Gasteiger partial charge in [-0.15, -0.1) is 5.06 Å². The molecule has 0 spiro atoms. The van der Waals surface area contributed by atoms with Gasteiger partial charge in [0.1, 0.15) is 5.75 Å². The Labute approximate surface area is 111 Å². The Morgan fingerprint density at radius 2 is 1.65 bits per heavy atom. The van der Waals surface area contributed by atoms with Gasteiger partial charge in [0.2, 0.25) is 0 Å². The molecule has 6 nitrogen and oxygen atoms in total. The maximum Gasteiger partial charge on any atom is 0.387 e. The third-order valence-electron chi connectivity index (χ3n) is 2.50. The number of ether oxygens (including phenoxy) is 1. The zero-order valence-corrected chi connectivity index (χ0v) is 10.0. The lowest BCUT2D eigenvalue weighted by Gasteiger charge is -2.12. The monoisotopic (exact) mass is 285 g/mol. The van der Waals surface area contributed by atoms with Gasteiger partial charge in [0.05, 0.1) is 5.56 Å². The first kappa shape index (κ1) is 13.9. The zero-order chi connectivity index (χ0) is 14.7. The summed E-state index contributed by atoms with van der Waals surface area (Å²) in [6.45, 7) is -2.97. The van der Waals surface area contributed by atoms with E-state index < -0.39 is 24.4 Å². The smallest absolute Gasteiger partial charge is 0.387 e. The Bertz CT molecular complexity index is 527. The fourth-order valence-corrected chi connectivity index (χ4v) is 1.57. The van der Waals surface area contributed by atoms with E-state index in [0.717, 1.165) is 12.1 Å². The number of carbonyl (C=O) groups excluding carboxylic acids is 3. The van der Waals surface area contributed by atoms with Crippen LogP contribution in [0, 0.1) is 0 Å². The van der Waals surface area contributed by atoms with Crippen LogP contribution in [0.4, 0.5) is 8.78 Å². The van der Waals surface area contributed by atoms with Crippen LogP contribution in [0.1, 0.15) is 23.2 Å². The van der Waals surface area contributed by atoms with E-state index in [4.69, 9.17) is 0 Å². The Balaban J connectivity index is 2.02. The highest BCUT2D eigenvalue weighted by Crippen LogP contribution is 2.17. The Kier molecular flexibility index (Phi) is 3.92. The van der Waals surface area contributed by atoms with Crippen molar-refractivity contribution in [1.82, 2.24) is 5.06 Å². The summed E-state index contributed by atoms with van der Waals surface area (Å²) < 4.78 is 28.0. The Morgan fingerprint density at radius 3 is 2.15 bits per heavy atom. The average molecular weight is 285 g/mol. The molecular weight excluding hydrogens is 276 g/mol. The first-order chi connectivity index (χ1) is 9.47. The highest BCUT2D eigenvalue weighted by Gasteiger charge is 2.33. The van der Waals surface area contributed by atoms with E-state index in [1.54, 1.807) is 0 Å². The first-order valence-electron chi connectivity index (χ1n) is 5.60. The van der Waals surface area contributed by atoms with E-state index in [9.17, 15) is 23.2 Å². The predicted molar refractivity (Wildman–Crippen MR) is 59.6 cm³/mol. The van der Waals surface area contributed by atoms with E-state index in [1.807, 2.05) is 0 Å². The van der Waals surface area contributed by atoms with Gasteiger partial charge < -0.3 is 9.57 Å². The number of hydroxylamine groups is 2. The van der Waals surface area contributed by atoms with E-state index in [-0.39, 0.29) is 24.2 Å². The number of hydrogen-bond donors (Lipinski definition) is 0. The lowest BCUT2D eigenvalue weighted by molar-refractivity contribution is -0.172. The van der Waals surface area contributed by atoms with Crippen molar-refractivity contribution in [2.45, 2.75) is 19.5 Å². The number of hydrogen-bond acceptors (Lipinski definition) is 5. The molecule has 20 heavy (non-hydrogen) atoms. The number of imide groups is 1. The molecule has 0 N–H and O–H groups in total. The molecule has 0 aromatic heterocycles. The first-order valence-corrected chi connectivity index (χ1v) is 5.60. The molecular formula is C12H9F2NO5. The second-order valence-corrected chi connectivity index (χ2v) is 3.86. The third-order valence-corrected chi connectivity index (χ3v) is 2.50. The van der Waals surface area contributed by atoms with Crippen LogP contribution in [0.5, 0.6) is 5.75 Å². The SMILES string of the molecule is O=C(ON1C(=O)CCC1=O)c1ccc(OC(F)F)cc1. The molecule has 1 aromatic carbocycles. The maximum atomic E-state index is 11.9. The van der Waals surface area contributed by atoms with Crippen LogP contribution < -0.4 is 4.74 Å². The molecule has 0 unspecified atom stereocenters. The lowest BCUT2D eigenvalue weighted by atomic mass is 10.2. The van der Waals surface area contributed by atoms with Crippen molar-refractivity contribution in [1.29, 1.82) is 0 Å². The molecule has 1 saturated heterocycles. The van der Waals surface area contributed by atoms with Crippen LogP contribution >= 0.6 is 0 Å². The number of halogens is 2. The number of rotatable bonds is 4. The molecule has 0 bridgehead atoms. The summed E-state index contributed by atoms with van der Waals surface area (Å²) in [5.41, 5.74) is -0.000818. The van der Waals surface area contributed by atoms with Gasteiger partial charge in [-0.05, 0) is 24.3 Å². The average Bonchev–Trinajstić information content (AvgIpc) is 2.70. The minimum absolute atomic E-state index is 0.000818. The summed E-state index contributed by atoms with van der Waals surface area (Å²) >= 11 is 0. The number of carbonyl (C=O) groups is 3. The molecule has 8 heteroatoms. The van der Waals surface area contributed by atoms with E-state index in [2.05, 4.69) is 9.57 Å². The number of benzene rings is 1. The Morgan fingerprint density at radius 1 is 1.10 bits per heavy atom. The highest BCUT2D eigenvalue weighted by molar-refractivity contribution is 6.02. The van der Waals surface area contributed by atoms with Crippen molar-refractivity contribution < 1.29 is 32.7 Å². The van der Waals surface area contributed by atoms with Crippen molar-refractivity contribution in [3.05, 3.63) is 29.8 Å². The number of nitrogens with zero attached hydrogens (tertiary/aromatic N) is 1. The van der Waals surface area contributed by atoms with Gasteiger partial charge in [0, 0.05) is 12.8 Å². The van der Waals surface area contributed by atoms with Crippen molar-refractivity contribution in [2.24, 2.45) is 0 Å². The summed E-state index contributed by atoms with van der Waals surface area (Å²) in [7, 11) is 0. The van der Waals surface area contributed by atoms with Crippen LogP contribution in [0.3, 0.4) is 0 Å². The minimum atomic E-state index is -2.97. The summed E-state index contributed by atoms with van der Waals surface area (Å²) in [6, 6.07) is 4.67. The topological polar surface area (TPSA) is 72.9 Å². The van der Waals surface area contributed by atoms with Crippen LogP contribution in [0.25, 0.3) is 0 Å². The molecule has 0 saturated carbocycles. The normalized spacial score (nSPS) is 14.8. The molecule has 1 aliphatic rings. The summed E-state index contributed by atoms with van der Waals surface area (Å²) in [4.78, 5) is 38.8. The molecule has 106 valence electrons. The van der Waals surface area contributed by atoms with Gasteiger partial charge in [0.15, 0.2) is 0 Å². The predicted octanol–water partition coefficient (Wildman–Crippen LogP) is 1.51. The van der Waals surface area contributed by atoms with Crippen molar-refractivity contribution in [2.75, 3.05) is 0 Å². The molecule has 2 amide bonds. The van der Waals surface area contributed by atoms with Crippen molar-refractivity contribution in [3.8, 4) is 5.75 Å². The van der Waals surface area contributed by atoms with Gasteiger partial charge >= 0.3 is 12.6 Å². The fraction of sp³-hybridized carbons (Fsp3) is 0.250. The molecule has 1 heterocycles. The highest BCUT2D eigenvalue weighted by atomic mass is 19.3. The van der Waals surface area contributed by atoms with Gasteiger partial charge in [-0.1, -0.05) is 0 Å². The molecule has 1 aliphatic heterocycles. The molecule has 0 atom stereocenters. The van der Waals surface area contributed by atoms with Gasteiger partial charge in [-0.25, -0.2) is 4.79 Å². The molecule has 1 aromatic rings. The van der Waals surface area contributed by atoms with Gasteiger partial charge in [-0.2, -0.15) is 8.78 Å². The zero-order valence-electron chi connectivity index (χ0n) is 10.0. The Hall–Kier alpha value is -2.51. The summed E-state index contributed by atoms with van der Waals surface area (Å²) in [6.07, 6.45) is -0.0133. The van der Waals surface area contributed by atoms with Crippen LogP contribution in [0.2, 0.25) is 0 Å². The minimum Gasteiger partial charge on any atom is -0.435 e. The molecule has 0 radical (unpaired) electrons. The van der Waals surface area contributed by atoms with E-state index >= 15 is 0 Å². The second-order valence-electron chi connectivity index (χ2n) is 3.86. The van der Waals surface area contributed by atoms with Crippen molar-refractivity contribution >= 4 is 17.8 Å². The van der Waals surface area contributed by atoms with Crippen LogP contribution in [-0.4, -0.2) is 29.5 Å². The second kappa shape index (κ2) is 5.64. The summed E-state index contributed by atoms with van der Waals surface area (Å²) in [5.74, 6) is -2.25. The number of amides is 2. The standard InChI is InChI=1S/C12H9F2NO5/c13-12(14)19-8-3-1-7(2-4-8)11(18)20-15-9(16)5-6-10(15)17/h1-4,12H,5-6H2. The molecule has 2 rings (SSSR count). The molecule has 1 fully saturated rings. The molecule has 0 aliphatic carbocycles. The largest absolute Gasteiger partial charge is 0.435 e. The van der Waals surface area contributed by atoms with Crippen LogP contribution in [-0.2, 0) is 14.4 Å². The van der Waals surface area contributed by atoms with E-state index in [0.29, 0.717) is 5.06 Å². The van der Waals surface area contributed by atoms with Crippen molar-refractivity contribution in [3.63, 3.8) is 0 Å². The fourth-order valence-electron chi connectivity index (χ4n) is 1.57. The van der Waals surface area contributed by atoms with Gasteiger partial charge in [0.25, 0.3) is 11.8 Å². The third kappa shape index (κ3) is 3.08. The van der Waals surface area contributed by atoms with Gasteiger partial charge in [-0.3, -0.25) is 9.59 Å². The summed E-state index contributed by atoms with van der Waals surface area (Å²) in [5, 5.41) is 0.409.